The van der Waals surface area contributed by atoms with Gasteiger partial charge >= 0.3 is 11.8 Å². The van der Waals surface area contributed by atoms with Gasteiger partial charge in [0.2, 0.25) is 0 Å². The highest BCUT2D eigenvalue weighted by atomic mass is 32.1. The van der Waals surface area contributed by atoms with E-state index >= 15 is 0 Å². The number of anilines is 1. The van der Waals surface area contributed by atoms with Crippen LogP contribution in [0, 0.1) is 0 Å². The number of carbonyl (C=O) groups is 2. The van der Waals surface area contributed by atoms with Crippen LogP contribution in [0.25, 0.3) is 0 Å². The first-order chi connectivity index (χ1) is 13.0. The van der Waals surface area contributed by atoms with E-state index in [2.05, 4.69) is 10.6 Å². The molecule has 0 saturated carbocycles. The van der Waals surface area contributed by atoms with Crippen molar-refractivity contribution < 1.29 is 19.4 Å². The second-order valence-electron chi connectivity index (χ2n) is 5.72. The standard InChI is InChI=1S/C19H18N2O4S2/c1-25-15-5-2-4-14(10-15)21-18(23)17(22)20-12-19(24,13-7-9-26-11-13)16-6-3-8-27-16/h2-11,24H,12H2,1H3,(H,20,22)(H,21,23). The van der Waals surface area contributed by atoms with Gasteiger partial charge in [0.25, 0.3) is 0 Å². The summed E-state index contributed by atoms with van der Waals surface area (Å²) in [5.74, 6) is -1.08. The van der Waals surface area contributed by atoms with Crippen LogP contribution in [0.1, 0.15) is 10.4 Å². The zero-order chi connectivity index (χ0) is 19.3. The second kappa shape index (κ2) is 8.34. The van der Waals surface area contributed by atoms with Crippen LogP contribution in [0.2, 0.25) is 0 Å². The van der Waals surface area contributed by atoms with Crippen molar-refractivity contribution in [1.29, 1.82) is 0 Å². The predicted molar refractivity (Wildman–Crippen MR) is 106 cm³/mol. The molecule has 3 aromatic rings. The molecule has 0 aliphatic heterocycles. The molecule has 0 aliphatic carbocycles. The van der Waals surface area contributed by atoms with E-state index in [1.165, 1.54) is 29.8 Å². The van der Waals surface area contributed by atoms with Gasteiger partial charge < -0.3 is 20.5 Å². The summed E-state index contributed by atoms with van der Waals surface area (Å²) in [5.41, 5.74) is -0.274. The summed E-state index contributed by atoms with van der Waals surface area (Å²) in [6, 6.07) is 12.1. The maximum absolute atomic E-state index is 12.2. The van der Waals surface area contributed by atoms with Crippen molar-refractivity contribution in [2.45, 2.75) is 5.60 Å². The van der Waals surface area contributed by atoms with Crippen LogP contribution < -0.4 is 15.4 Å². The molecule has 8 heteroatoms. The van der Waals surface area contributed by atoms with Crippen molar-refractivity contribution in [1.82, 2.24) is 5.32 Å². The molecule has 27 heavy (non-hydrogen) atoms. The Morgan fingerprint density at radius 3 is 2.67 bits per heavy atom. The molecule has 6 nitrogen and oxygen atoms in total. The average molecular weight is 402 g/mol. The molecular formula is C19H18N2O4S2. The van der Waals surface area contributed by atoms with Gasteiger partial charge in [-0.1, -0.05) is 12.1 Å². The van der Waals surface area contributed by atoms with Crippen molar-refractivity contribution in [3.63, 3.8) is 0 Å². The molecule has 2 aromatic heterocycles. The third-order valence-corrected chi connectivity index (χ3v) is 5.67. The van der Waals surface area contributed by atoms with Gasteiger partial charge in [-0.2, -0.15) is 11.3 Å². The zero-order valence-corrected chi connectivity index (χ0v) is 16.1. The van der Waals surface area contributed by atoms with E-state index in [4.69, 9.17) is 4.74 Å². The number of nitrogens with one attached hydrogen (secondary N) is 2. The van der Waals surface area contributed by atoms with Gasteiger partial charge in [0.15, 0.2) is 0 Å². The van der Waals surface area contributed by atoms with E-state index in [0.29, 0.717) is 21.9 Å². The van der Waals surface area contributed by atoms with Crippen LogP contribution in [0.4, 0.5) is 5.69 Å². The van der Waals surface area contributed by atoms with Crippen molar-refractivity contribution in [3.8, 4) is 5.75 Å². The summed E-state index contributed by atoms with van der Waals surface area (Å²) in [7, 11) is 1.52. The van der Waals surface area contributed by atoms with Gasteiger partial charge in [0, 0.05) is 22.2 Å². The molecule has 3 N–H and O–H groups in total. The van der Waals surface area contributed by atoms with Crippen LogP contribution in [0.5, 0.6) is 5.75 Å². The summed E-state index contributed by atoms with van der Waals surface area (Å²) < 4.78 is 5.09. The average Bonchev–Trinajstić information content (AvgIpc) is 3.40. The minimum Gasteiger partial charge on any atom is -0.497 e. The number of hydrogen-bond acceptors (Lipinski definition) is 6. The van der Waals surface area contributed by atoms with Crippen LogP contribution in [0.3, 0.4) is 0 Å². The molecule has 2 amide bonds. The number of thiophene rings is 2. The molecule has 0 aliphatic rings. The van der Waals surface area contributed by atoms with Crippen molar-refractivity contribution in [3.05, 3.63) is 69.0 Å². The lowest BCUT2D eigenvalue weighted by molar-refractivity contribution is -0.136. The smallest absolute Gasteiger partial charge is 0.313 e. The molecule has 140 valence electrons. The Labute approximate surface area is 164 Å². The minimum absolute atomic E-state index is 0.116. The number of amides is 2. The van der Waals surface area contributed by atoms with Gasteiger partial charge in [-0.25, -0.2) is 0 Å². The summed E-state index contributed by atoms with van der Waals surface area (Å²) in [6.45, 7) is -0.116. The molecule has 1 atom stereocenters. The fraction of sp³-hybridized carbons (Fsp3) is 0.158. The Hall–Kier alpha value is -2.68. The van der Waals surface area contributed by atoms with E-state index in [1.807, 2.05) is 22.2 Å². The topological polar surface area (TPSA) is 87.7 Å². The number of ether oxygens (including phenoxy) is 1. The predicted octanol–water partition coefficient (Wildman–Crippen LogP) is 2.81. The number of methoxy groups -OCH3 is 1. The minimum atomic E-state index is -1.39. The quantitative estimate of drug-likeness (QED) is 0.553. The van der Waals surface area contributed by atoms with Crippen molar-refractivity contribution in [2.75, 3.05) is 19.0 Å². The normalized spacial score (nSPS) is 12.8. The third kappa shape index (κ3) is 4.36. The van der Waals surface area contributed by atoms with Crippen LogP contribution in [-0.4, -0.2) is 30.6 Å². The molecule has 1 aromatic carbocycles. The lowest BCUT2D eigenvalue weighted by Gasteiger charge is -2.26. The summed E-state index contributed by atoms with van der Waals surface area (Å²) in [6.07, 6.45) is 0. The lowest BCUT2D eigenvalue weighted by atomic mass is 9.94. The Morgan fingerprint density at radius 2 is 2.00 bits per heavy atom. The number of carbonyl (C=O) groups excluding carboxylic acids is 2. The van der Waals surface area contributed by atoms with E-state index in [1.54, 1.807) is 36.4 Å². The maximum atomic E-state index is 12.2. The fourth-order valence-electron chi connectivity index (χ4n) is 2.52. The third-order valence-electron chi connectivity index (χ3n) is 3.97. The summed E-state index contributed by atoms with van der Waals surface area (Å²) in [5, 5.41) is 21.7. The van der Waals surface area contributed by atoms with Gasteiger partial charge in [-0.15, -0.1) is 11.3 Å². The van der Waals surface area contributed by atoms with E-state index < -0.39 is 17.4 Å². The lowest BCUT2D eigenvalue weighted by Crippen LogP contribution is -2.44. The first-order valence-electron chi connectivity index (χ1n) is 8.05. The number of hydrogen-bond donors (Lipinski definition) is 3. The SMILES string of the molecule is COc1cccc(NC(=O)C(=O)NCC(O)(c2ccsc2)c2cccs2)c1. The highest BCUT2D eigenvalue weighted by molar-refractivity contribution is 7.10. The molecule has 0 bridgehead atoms. The van der Waals surface area contributed by atoms with Crippen LogP contribution in [0.15, 0.2) is 58.6 Å². The Morgan fingerprint density at radius 1 is 1.15 bits per heavy atom. The largest absolute Gasteiger partial charge is 0.497 e. The van der Waals surface area contributed by atoms with Gasteiger partial charge in [0.1, 0.15) is 11.4 Å². The molecule has 0 fully saturated rings. The van der Waals surface area contributed by atoms with Gasteiger partial charge in [0.05, 0.1) is 13.7 Å². The number of benzene rings is 1. The first-order valence-corrected chi connectivity index (χ1v) is 9.87. The zero-order valence-electron chi connectivity index (χ0n) is 14.5. The highest BCUT2D eigenvalue weighted by Gasteiger charge is 2.34. The molecule has 0 radical (unpaired) electrons. The first kappa shape index (κ1) is 19.1. The van der Waals surface area contributed by atoms with Crippen LogP contribution >= 0.6 is 22.7 Å². The van der Waals surface area contributed by atoms with E-state index in [0.717, 1.165) is 0 Å². The van der Waals surface area contributed by atoms with Gasteiger partial charge in [-0.05, 0) is 40.4 Å². The summed E-state index contributed by atoms with van der Waals surface area (Å²) in [4.78, 5) is 25.1. The van der Waals surface area contributed by atoms with E-state index in [9.17, 15) is 14.7 Å². The Balaban J connectivity index is 1.68. The molecule has 3 rings (SSSR count). The van der Waals surface area contributed by atoms with Crippen molar-refractivity contribution in [2.24, 2.45) is 0 Å². The Kier molecular flexibility index (Phi) is 5.90. The second-order valence-corrected chi connectivity index (χ2v) is 7.45. The Bertz CT molecular complexity index is 873. The molecule has 0 spiro atoms. The molecule has 0 saturated heterocycles. The van der Waals surface area contributed by atoms with Crippen molar-refractivity contribution >= 4 is 40.2 Å². The maximum Gasteiger partial charge on any atom is 0.313 e. The monoisotopic (exact) mass is 402 g/mol. The number of rotatable bonds is 6. The van der Waals surface area contributed by atoms with Gasteiger partial charge in [-0.3, -0.25) is 9.59 Å². The fourth-order valence-corrected chi connectivity index (χ4v) is 4.09. The highest BCUT2D eigenvalue weighted by Crippen LogP contribution is 2.33. The summed E-state index contributed by atoms with van der Waals surface area (Å²) >= 11 is 2.83. The van der Waals surface area contributed by atoms with E-state index in [-0.39, 0.29) is 6.54 Å². The number of aliphatic hydroxyl groups is 1. The molecule has 1 unspecified atom stereocenters. The molecule has 2 heterocycles. The van der Waals surface area contributed by atoms with Crippen LogP contribution in [-0.2, 0) is 15.2 Å². The molecular weight excluding hydrogens is 384 g/mol.